The fraction of sp³-hybridized carbons (Fsp3) is 0.647. The molecule has 1 aliphatic carbocycles. The van der Waals surface area contributed by atoms with E-state index in [1.54, 1.807) is 13.0 Å². The molecule has 0 aromatic heterocycles. The lowest BCUT2D eigenvalue weighted by Crippen LogP contribution is -2.42. The van der Waals surface area contributed by atoms with Crippen molar-refractivity contribution >= 4 is 0 Å². The van der Waals surface area contributed by atoms with Crippen molar-refractivity contribution in [2.75, 3.05) is 13.2 Å². The van der Waals surface area contributed by atoms with E-state index in [1.165, 1.54) is 0 Å². The van der Waals surface area contributed by atoms with Crippen LogP contribution >= 0.6 is 0 Å². The van der Waals surface area contributed by atoms with Crippen LogP contribution < -0.4 is 5.32 Å². The van der Waals surface area contributed by atoms with Crippen molar-refractivity contribution < 1.29 is 13.9 Å². The van der Waals surface area contributed by atoms with Gasteiger partial charge in [-0.25, -0.2) is 4.39 Å². The zero-order valence-corrected chi connectivity index (χ0v) is 12.8. The smallest absolute Gasteiger partial charge is 0.168 e. The fourth-order valence-electron chi connectivity index (χ4n) is 3.34. The van der Waals surface area contributed by atoms with Gasteiger partial charge in [0.1, 0.15) is 5.82 Å². The maximum Gasteiger partial charge on any atom is 0.168 e. The number of hydrogen-bond acceptors (Lipinski definition) is 3. The molecule has 1 spiro atoms. The molecule has 1 atom stereocenters. The Kier molecular flexibility index (Phi) is 4.29. The van der Waals surface area contributed by atoms with Crippen LogP contribution in [0.1, 0.15) is 49.8 Å². The molecule has 1 saturated carbocycles. The van der Waals surface area contributed by atoms with Crippen LogP contribution in [0.3, 0.4) is 0 Å². The summed E-state index contributed by atoms with van der Waals surface area (Å²) in [6.45, 7) is 5.32. The maximum absolute atomic E-state index is 13.7. The van der Waals surface area contributed by atoms with Gasteiger partial charge in [0.25, 0.3) is 0 Å². The van der Waals surface area contributed by atoms with E-state index in [4.69, 9.17) is 9.47 Å². The first-order valence-electron chi connectivity index (χ1n) is 7.88. The summed E-state index contributed by atoms with van der Waals surface area (Å²) in [7, 11) is 0. The molecule has 2 fully saturated rings. The third-order valence-corrected chi connectivity index (χ3v) is 4.74. The minimum absolute atomic E-state index is 0.128. The molecule has 0 amide bonds. The molecule has 1 aromatic carbocycles. The second-order valence-electron chi connectivity index (χ2n) is 6.28. The van der Waals surface area contributed by atoms with Gasteiger partial charge in [-0.05, 0) is 43.9 Å². The lowest BCUT2D eigenvalue weighted by atomic mass is 9.89. The summed E-state index contributed by atoms with van der Waals surface area (Å²) >= 11 is 0. The average Bonchev–Trinajstić information content (AvgIpc) is 2.93. The second kappa shape index (κ2) is 6.03. The summed E-state index contributed by atoms with van der Waals surface area (Å²) < 4.78 is 25.2. The van der Waals surface area contributed by atoms with Crippen LogP contribution in [0.15, 0.2) is 18.2 Å². The van der Waals surface area contributed by atoms with Gasteiger partial charge in [0.2, 0.25) is 0 Å². The Balaban J connectivity index is 1.56. The predicted octanol–water partition coefficient (Wildman–Crippen LogP) is 3.47. The van der Waals surface area contributed by atoms with E-state index in [0.29, 0.717) is 11.6 Å². The number of ether oxygens (including phenoxy) is 2. The predicted molar refractivity (Wildman–Crippen MR) is 79.6 cm³/mol. The Morgan fingerprint density at radius 2 is 1.90 bits per heavy atom. The number of rotatable bonds is 3. The highest BCUT2D eigenvalue weighted by molar-refractivity contribution is 5.25. The van der Waals surface area contributed by atoms with Gasteiger partial charge in [0.15, 0.2) is 5.79 Å². The van der Waals surface area contributed by atoms with Gasteiger partial charge in [-0.15, -0.1) is 0 Å². The van der Waals surface area contributed by atoms with Crippen molar-refractivity contribution in [1.29, 1.82) is 0 Å². The molecule has 1 aliphatic heterocycles. The number of benzene rings is 1. The molecular weight excluding hydrogens is 269 g/mol. The standard InChI is InChI=1S/C17H24FNO2/c1-12-3-4-14(11-16(12)18)13(2)19-15-5-7-17(8-6-15)20-9-10-21-17/h3-4,11,13,15,19H,5-10H2,1-2H3. The highest BCUT2D eigenvalue weighted by Crippen LogP contribution is 2.36. The van der Waals surface area contributed by atoms with Crippen molar-refractivity contribution in [2.45, 2.75) is 57.4 Å². The lowest BCUT2D eigenvalue weighted by Gasteiger charge is -2.36. The first-order chi connectivity index (χ1) is 10.1. The second-order valence-corrected chi connectivity index (χ2v) is 6.28. The van der Waals surface area contributed by atoms with Crippen molar-refractivity contribution in [3.8, 4) is 0 Å². The third kappa shape index (κ3) is 3.28. The van der Waals surface area contributed by atoms with Crippen molar-refractivity contribution in [3.05, 3.63) is 35.1 Å². The number of aryl methyl sites for hydroxylation is 1. The maximum atomic E-state index is 13.7. The van der Waals surface area contributed by atoms with E-state index in [0.717, 1.165) is 44.5 Å². The van der Waals surface area contributed by atoms with Crippen LogP contribution in [0.25, 0.3) is 0 Å². The lowest BCUT2D eigenvalue weighted by molar-refractivity contribution is -0.179. The molecule has 1 heterocycles. The minimum Gasteiger partial charge on any atom is -0.348 e. The molecule has 1 saturated heterocycles. The summed E-state index contributed by atoms with van der Waals surface area (Å²) in [5, 5.41) is 3.61. The third-order valence-electron chi connectivity index (χ3n) is 4.74. The van der Waals surface area contributed by atoms with Gasteiger partial charge in [-0.3, -0.25) is 0 Å². The molecule has 1 unspecified atom stereocenters. The van der Waals surface area contributed by atoms with Crippen LogP contribution in [-0.4, -0.2) is 25.0 Å². The topological polar surface area (TPSA) is 30.5 Å². The minimum atomic E-state index is -0.308. The Bertz CT molecular complexity index is 490. The molecule has 3 nitrogen and oxygen atoms in total. The van der Waals surface area contributed by atoms with Crippen LogP contribution in [-0.2, 0) is 9.47 Å². The van der Waals surface area contributed by atoms with Gasteiger partial charge in [-0.2, -0.15) is 0 Å². The summed E-state index contributed by atoms with van der Waals surface area (Å²) in [5.74, 6) is -0.436. The molecule has 0 radical (unpaired) electrons. The van der Waals surface area contributed by atoms with Crippen LogP contribution in [0.4, 0.5) is 4.39 Å². The molecule has 1 aromatic rings. The van der Waals surface area contributed by atoms with Gasteiger partial charge in [-0.1, -0.05) is 12.1 Å². The van der Waals surface area contributed by atoms with Crippen LogP contribution in [0, 0.1) is 12.7 Å². The molecule has 0 bridgehead atoms. The first-order valence-corrected chi connectivity index (χ1v) is 7.88. The van der Waals surface area contributed by atoms with Gasteiger partial charge < -0.3 is 14.8 Å². The monoisotopic (exact) mass is 293 g/mol. The summed E-state index contributed by atoms with van der Waals surface area (Å²) in [4.78, 5) is 0. The van der Waals surface area contributed by atoms with E-state index in [2.05, 4.69) is 12.2 Å². The quantitative estimate of drug-likeness (QED) is 0.925. The van der Waals surface area contributed by atoms with E-state index in [9.17, 15) is 4.39 Å². The Morgan fingerprint density at radius 3 is 2.52 bits per heavy atom. The van der Waals surface area contributed by atoms with E-state index < -0.39 is 0 Å². The zero-order valence-electron chi connectivity index (χ0n) is 12.8. The van der Waals surface area contributed by atoms with Gasteiger partial charge >= 0.3 is 0 Å². The van der Waals surface area contributed by atoms with Crippen molar-refractivity contribution in [1.82, 2.24) is 5.32 Å². The molecule has 1 N–H and O–H groups in total. The van der Waals surface area contributed by atoms with Gasteiger partial charge in [0, 0.05) is 24.9 Å². The summed E-state index contributed by atoms with van der Waals surface area (Å²) in [5.41, 5.74) is 1.70. The molecule has 2 aliphatic rings. The van der Waals surface area contributed by atoms with Gasteiger partial charge in [0.05, 0.1) is 13.2 Å². The highest BCUT2D eigenvalue weighted by Gasteiger charge is 2.40. The Labute approximate surface area is 125 Å². The fourth-order valence-corrected chi connectivity index (χ4v) is 3.34. The zero-order chi connectivity index (χ0) is 14.9. The van der Waals surface area contributed by atoms with Crippen molar-refractivity contribution in [3.63, 3.8) is 0 Å². The highest BCUT2D eigenvalue weighted by atomic mass is 19.1. The Hall–Kier alpha value is -0.970. The molecule has 21 heavy (non-hydrogen) atoms. The van der Waals surface area contributed by atoms with Crippen LogP contribution in [0.5, 0.6) is 0 Å². The molecule has 3 rings (SSSR count). The normalized spacial score (nSPS) is 23.6. The largest absolute Gasteiger partial charge is 0.348 e. The summed E-state index contributed by atoms with van der Waals surface area (Å²) in [6, 6.07) is 6.09. The van der Waals surface area contributed by atoms with Crippen LogP contribution in [0.2, 0.25) is 0 Å². The van der Waals surface area contributed by atoms with E-state index >= 15 is 0 Å². The number of halogens is 1. The average molecular weight is 293 g/mol. The first kappa shape index (κ1) is 14.9. The van der Waals surface area contributed by atoms with E-state index in [-0.39, 0.29) is 17.6 Å². The van der Waals surface area contributed by atoms with Crippen molar-refractivity contribution in [2.24, 2.45) is 0 Å². The SMILES string of the molecule is Cc1ccc(C(C)NC2CCC3(CC2)OCCO3)cc1F. The molecule has 4 heteroatoms. The van der Waals surface area contributed by atoms with E-state index in [1.807, 2.05) is 12.1 Å². The molecular formula is C17H24FNO2. The number of hydrogen-bond donors (Lipinski definition) is 1. The summed E-state index contributed by atoms with van der Waals surface area (Å²) in [6.07, 6.45) is 3.97. The Morgan fingerprint density at radius 1 is 1.24 bits per heavy atom. The molecule has 116 valence electrons. The number of nitrogens with one attached hydrogen (secondary N) is 1.